The number of nitrogens with one attached hydrogen (secondary N) is 1. The average molecular weight is 284 g/mol. The minimum atomic E-state index is 0.592. The van der Waals surface area contributed by atoms with E-state index in [-0.39, 0.29) is 0 Å². The summed E-state index contributed by atoms with van der Waals surface area (Å²) >= 11 is 11.8. The lowest BCUT2D eigenvalue weighted by Crippen LogP contribution is -2.16. The first kappa shape index (κ1) is 13.4. The molecule has 0 aliphatic carbocycles. The van der Waals surface area contributed by atoms with E-state index in [4.69, 9.17) is 23.2 Å². The van der Waals surface area contributed by atoms with E-state index in [2.05, 4.69) is 10.4 Å². The van der Waals surface area contributed by atoms with Gasteiger partial charge in [-0.05, 0) is 23.8 Å². The molecular formula is C13H15Cl2N3. The van der Waals surface area contributed by atoms with E-state index in [1.165, 1.54) is 0 Å². The van der Waals surface area contributed by atoms with E-state index >= 15 is 0 Å². The molecule has 0 aliphatic heterocycles. The van der Waals surface area contributed by atoms with Gasteiger partial charge in [0.1, 0.15) is 0 Å². The highest BCUT2D eigenvalue weighted by atomic mass is 35.5. The summed E-state index contributed by atoms with van der Waals surface area (Å²) in [5.74, 6) is 0. The van der Waals surface area contributed by atoms with Crippen LogP contribution in [0.15, 0.2) is 30.5 Å². The molecule has 0 aliphatic rings. The first-order valence-electron chi connectivity index (χ1n) is 5.78. The summed E-state index contributed by atoms with van der Waals surface area (Å²) in [5, 5.41) is 8.86. The topological polar surface area (TPSA) is 29.9 Å². The van der Waals surface area contributed by atoms with Crippen molar-refractivity contribution in [3.8, 4) is 0 Å². The zero-order valence-electron chi connectivity index (χ0n) is 10.2. The largest absolute Gasteiger partial charge is 0.312 e. The van der Waals surface area contributed by atoms with Crippen LogP contribution in [0.5, 0.6) is 0 Å². The van der Waals surface area contributed by atoms with Crippen molar-refractivity contribution in [1.82, 2.24) is 15.1 Å². The number of rotatable bonds is 5. The van der Waals surface area contributed by atoms with E-state index < -0.39 is 0 Å². The molecule has 18 heavy (non-hydrogen) atoms. The van der Waals surface area contributed by atoms with Crippen LogP contribution in [0.4, 0.5) is 0 Å². The smallest absolute Gasteiger partial charge is 0.0637 e. The van der Waals surface area contributed by atoms with Crippen molar-refractivity contribution in [2.24, 2.45) is 7.05 Å². The second-order valence-corrected chi connectivity index (χ2v) is 4.97. The third-order valence-corrected chi connectivity index (χ3v) is 3.38. The van der Waals surface area contributed by atoms with Crippen LogP contribution in [0.25, 0.3) is 0 Å². The Morgan fingerprint density at radius 1 is 1.22 bits per heavy atom. The first-order chi connectivity index (χ1) is 8.65. The minimum absolute atomic E-state index is 0.592. The van der Waals surface area contributed by atoms with Gasteiger partial charge in [-0.2, -0.15) is 5.10 Å². The van der Waals surface area contributed by atoms with Gasteiger partial charge in [0.2, 0.25) is 0 Å². The van der Waals surface area contributed by atoms with Gasteiger partial charge in [0.05, 0.1) is 15.7 Å². The fourth-order valence-corrected chi connectivity index (χ4v) is 2.02. The van der Waals surface area contributed by atoms with E-state index in [0.717, 1.165) is 30.8 Å². The summed E-state index contributed by atoms with van der Waals surface area (Å²) < 4.78 is 1.81. The van der Waals surface area contributed by atoms with E-state index in [0.29, 0.717) is 10.0 Å². The second kappa shape index (κ2) is 6.23. The van der Waals surface area contributed by atoms with E-state index in [1.807, 2.05) is 42.2 Å². The average Bonchev–Trinajstić information content (AvgIpc) is 2.75. The molecule has 0 amide bonds. The number of hydrogen-bond donors (Lipinski definition) is 1. The van der Waals surface area contributed by atoms with Crippen molar-refractivity contribution in [1.29, 1.82) is 0 Å². The quantitative estimate of drug-likeness (QED) is 0.855. The van der Waals surface area contributed by atoms with Crippen LogP contribution in [0.2, 0.25) is 10.0 Å². The lowest BCUT2D eigenvalue weighted by molar-refractivity contribution is 0.665. The fraction of sp³-hybridized carbons (Fsp3) is 0.308. The Kier molecular flexibility index (Phi) is 4.64. The minimum Gasteiger partial charge on any atom is -0.312 e. The summed E-state index contributed by atoms with van der Waals surface area (Å²) in [6, 6.07) is 7.71. The molecule has 0 saturated carbocycles. The Balaban J connectivity index is 1.76. The van der Waals surface area contributed by atoms with Gasteiger partial charge in [0, 0.05) is 32.8 Å². The van der Waals surface area contributed by atoms with Crippen molar-refractivity contribution in [2.45, 2.75) is 13.0 Å². The number of aryl methyl sites for hydroxylation is 1. The Hall–Kier alpha value is -1.03. The molecule has 0 spiro atoms. The monoisotopic (exact) mass is 283 g/mol. The van der Waals surface area contributed by atoms with Gasteiger partial charge in [-0.25, -0.2) is 0 Å². The fourth-order valence-electron chi connectivity index (χ4n) is 1.70. The SMILES string of the molecule is Cn1ccc(CCNCc2ccc(Cl)c(Cl)c2)n1. The molecule has 5 heteroatoms. The standard InChI is InChI=1S/C13H15Cl2N3/c1-18-7-5-11(17-18)4-6-16-9-10-2-3-12(14)13(15)8-10/h2-3,5,7-8,16H,4,6,9H2,1H3. The van der Waals surface area contributed by atoms with Gasteiger partial charge in [0.25, 0.3) is 0 Å². The lowest BCUT2D eigenvalue weighted by atomic mass is 10.2. The van der Waals surface area contributed by atoms with Gasteiger partial charge in [-0.1, -0.05) is 29.3 Å². The Morgan fingerprint density at radius 3 is 2.72 bits per heavy atom. The molecule has 0 atom stereocenters. The van der Waals surface area contributed by atoms with Crippen molar-refractivity contribution < 1.29 is 0 Å². The molecule has 2 aromatic rings. The maximum Gasteiger partial charge on any atom is 0.0637 e. The summed E-state index contributed by atoms with van der Waals surface area (Å²) in [7, 11) is 1.92. The Morgan fingerprint density at radius 2 is 2.06 bits per heavy atom. The lowest BCUT2D eigenvalue weighted by Gasteiger charge is -2.05. The molecule has 0 radical (unpaired) electrons. The van der Waals surface area contributed by atoms with Crippen LogP contribution in [0.3, 0.4) is 0 Å². The Labute approximate surface area is 117 Å². The van der Waals surface area contributed by atoms with Crippen LogP contribution in [-0.4, -0.2) is 16.3 Å². The third kappa shape index (κ3) is 3.73. The molecular weight excluding hydrogens is 269 g/mol. The number of aromatic nitrogens is 2. The van der Waals surface area contributed by atoms with Gasteiger partial charge in [0.15, 0.2) is 0 Å². The zero-order valence-corrected chi connectivity index (χ0v) is 11.7. The first-order valence-corrected chi connectivity index (χ1v) is 6.54. The van der Waals surface area contributed by atoms with Gasteiger partial charge < -0.3 is 5.32 Å². The predicted molar refractivity (Wildman–Crippen MR) is 75.1 cm³/mol. The number of benzene rings is 1. The Bertz CT molecular complexity index is 523. The normalized spacial score (nSPS) is 10.8. The summed E-state index contributed by atoms with van der Waals surface area (Å²) in [6.45, 7) is 1.67. The van der Waals surface area contributed by atoms with Crippen molar-refractivity contribution in [3.63, 3.8) is 0 Å². The van der Waals surface area contributed by atoms with Gasteiger partial charge in [-0.15, -0.1) is 0 Å². The van der Waals surface area contributed by atoms with Crippen molar-refractivity contribution >= 4 is 23.2 Å². The van der Waals surface area contributed by atoms with Crippen molar-refractivity contribution in [2.75, 3.05) is 6.54 Å². The van der Waals surface area contributed by atoms with E-state index in [1.54, 1.807) is 0 Å². The molecule has 0 fully saturated rings. The van der Waals surface area contributed by atoms with E-state index in [9.17, 15) is 0 Å². The molecule has 0 saturated heterocycles. The molecule has 0 bridgehead atoms. The molecule has 1 aromatic carbocycles. The number of hydrogen-bond acceptors (Lipinski definition) is 2. The molecule has 1 N–H and O–H groups in total. The highest BCUT2D eigenvalue weighted by molar-refractivity contribution is 6.42. The van der Waals surface area contributed by atoms with Gasteiger partial charge >= 0.3 is 0 Å². The molecule has 0 unspecified atom stereocenters. The highest BCUT2D eigenvalue weighted by Crippen LogP contribution is 2.22. The summed E-state index contributed by atoms with van der Waals surface area (Å²) in [5.41, 5.74) is 2.23. The molecule has 1 heterocycles. The second-order valence-electron chi connectivity index (χ2n) is 4.16. The van der Waals surface area contributed by atoms with Crippen LogP contribution in [0.1, 0.15) is 11.3 Å². The predicted octanol–water partition coefficient (Wildman–Crippen LogP) is 3.06. The number of nitrogens with zero attached hydrogens (tertiary/aromatic N) is 2. The third-order valence-electron chi connectivity index (χ3n) is 2.64. The molecule has 96 valence electrons. The molecule has 3 nitrogen and oxygen atoms in total. The van der Waals surface area contributed by atoms with Crippen LogP contribution >= 0.6 is 23.2 Å². The maximum atomic E-state index is 5.95. The maximum absolute atomic E-state index is 5.95. The molecule has 2 rings (SSSR count). The molecule has 1 aromatic heterocycles. The van der Waals surface area contributed by atoms with Crippen LogP contribution in [-0.2, 0) is 20.0 Å². The van der Waals surface area contributed by atoms with Crippen molar-refractivity contribution in [3.05, 3.63) is 51.8 Å². The summed E-state index contributed by atoms with van der Waals surface area (Å²) in [4.78, 5) is 0. The van der Waals surface area contributed by atoms with Crippen LogP contribution < -0.4 is 5.32 Å². The highest BCUT2D eigenvalue weighted by Gasteiger charge is 2.00. The van der Waals surface area contributed by atoms with Gasteiger partial charge in [-0.3, -0.25) is 4.68 Å². The zero-order chi connectivity index (χ0) is 13.0. The number of halogens is 2. The summed E-state index contributed by atoms with van der Waals surface area (Å²) in [6.07, 6.45) is 2.87. The van der Waals surface area contributed by atoms with Crippen LogP contribution in [0, 0.1) is 0 Å².